The van der Waals surface area contributed by atoms with Gasteiger partial charge in [0.05, 0.1) is 6.04 Å². The molecule has 5 nitrogen and oxygen atoms in total. The van der Waals surface area contributed by atoms with E-state index in [0.29, 0.717) is 13.0 Å². The van der Waals surface area contributed by atoms with Crippen LogP contribution in [0.5, 0.6) is 0 Å². The molecule has 2 aromatic carbocycles. The van der Waals surface area contributed by atoms with Crippen molar-refractivity contribution in [2.45, 2.75) is 52.1 Å². The van der Waals surface area contributed by atoms with Crippen molar-refractivity contribution in [2.24, 2.45) is 5.92 Å². The molecule has 2 aromatic rings. The van der Waals surface area contributed by atoms with Crippen LogP contribution in [0.2, 0.25) is 0 Å². The van der Waals surface area contributed by atoms with Crippen molar-refractivity contribution in [3.63, 3.8) is 0 Å². The Hall–Kier alpha value is -2.82. The Morgan fingerprint density at radius 2 is 1.80 bits per heavy atom. The topological polar surface area (TPSA) is 52.7 Å². The molecule has 1 fully saturated rings. The van der Waals surface area contributed by atoms with Crippen LogP contribution in [0.4, 0.5) is 11.4 Å². The predicted molar refractivity (Wildman–Crippen MR) is 122 cm³/mol. The first kappa shape index (κ1) is 21.9. The number of hydrogen-bond acceptors (Lipinski definition) is 3. The van der Waals surface area contributed by atoms with Gasteiger partial charge in [0, 0.05) is 44.4 Å². The van der Waals surface area contributed by atoms with Crippen molar-refractivity contribution in [3.8, 4) is 0 Å². The number of amides is 2. The number of hydrogen-bond donors (Lipinski definition) is 1. The van der Waals surface area contributed by atoms with Gasteiger partial charge in [-0.3, -0.25) is 9.59 Å². The fourth-order valence-corrected chi connectivity index (χ4v) is 3.88. The van der Waals surface area contributed by atoms with E-state index in [0.717, 1.165) is 41.8 Å². The van der Waals surface area contributed by atoms with E-state index in [2.05, 4.69) is 29.3 Å². The molecule has 2 amide bonds. The van der Waals surface area contributed by atoms with Crippen LogP contribution in [0, 0.1) is 5.92 Å². The number of nitrogens with one attached hydrogen (secondary N) is 1. The van der Waals surface area contributed by atoms with Gasteiger partial charge in [-0.25, -0.2) is 0 Å². The highest BCUT2D eigenvalue weighted by molar-refractivity contribution is 5.93. The van der Waals surface area contributed by atoms with Gasteiger partial charge in [0.1, 0.15) is 0 Å². The highest BCUT2D eigenvalue weighted by Crippen LogP contribution is 2.31. The first-order valence-electron chi connectivity index (χ1n) is 10.9. The molecule has 0 saturated heterocycles. The van der Waals surface area contributed by atoms with Gasteiger partial charge in [0.2, 0.25) is 11.8 Å². The molecule has 0 spiro atoms. The lowest BCUT2D eigenvalue weighted by molar-refractivity contribution is -0.133. The van der Waals surface area contributed by atoms with Gasteiger partial charge in [-0.05, 0) is 49.1 Å². The zero-order valence-electron chi connectivity index (χ0n) is 18.5. The Balaban J connectivity index is 1.88. The van der Waals surface area contributed by atoms with Crippen LogP contribution in [0.1, 0.15) is 56.7 Å². The summed E-state index contributed by atoms with van der Waals surface area (Å²) in [6.07, 6.45) is 3.53. The molecule has 3 rings (SSSR count). The second-order valence-corrected chi connectivity index (χ2v) is 8.32. The summed E-state index contributed by atoms with van der Waals surface area (Å²) in [5.41, 5.74) is 3.98. The monoisotopic (exact) mass is 407 g/mol. The summed E-state index contributed by atoms with van der Waals surface area (Å²) in [5, 5.41) is 3.07. The third kappa shape index (κ3) is 5.02. The molecule has 0 unspecified atom stereocenters. The van der Waals surface area contributed by atoms with E-state index < -0.39 is 0 Å². The summed E-state index contributed by atoms with van der Waals surface area (Å²) >= 11 is 0. The molecule has 1 aliphatic rings. The van der Waals surface area contributed by atoms with Crippen molar-refractivity contribution >= 4 is 23.2 Å². The van der Waals surface area contributed by atoms with Gasteiger partial charge in [-0.1, -0.05) is 43.7 Å². The van der Waals surface area contributed by atoms with Crippen molar-refractivity contribution in [1.29, 1.82) is 0 Å². The van der Waals surface area contributed by atoms with Gasteiger partial charge in [0.25, 0.3) is 0 Å². The molecule has 1 saturated carbocycles. The van der Waals surface area contributed by atoms with E-state index in [4.69, 9.17) is 0 Å². The lowest BCUT2D eigenvalue weighted by Gasteiger charge is -2.31. The van der Waals surface area contributed by atoms with E-state index in [1.54, 1.807) is 0 Å². The summed E-state index contributed by atoms with van der Waals surface area (Å²) < 4.78 is 0. The molecule has 0 aliphatic heterocycles. The lowest BCUT2D eigenvalue weighted by Crippen LogP contribution is -2.33. The Morgan fingerprint density at radius 1 is 1.10 bits per heavy atom. The largest absolute Gasteiger partial charge is 0.377 e. The van der Waals surface area contributed by atoms with Gasteiger partial charge >= 0.3 is 0 Å². The second-order valence-electron chi connectivity index (χ2n) is 8.32. The quantitative estimate of drug-likeness (QED) is 0.671. The minimum Gasteiger partial charge on any atom is -0.377 e. The van der Waals surface area contributed by atoms with Crippen molar-refractivity contribution < 1.29 is 9.59 Å². The Kier molecular flexibility index (Phi) is 7.14. The summed E-state index contributed by atoms with van der Waals surface area (Å²) in [7, 11) is 4.00. The fourth-order valence-electron chi connectivity index (χ4n) is 3.88. The number of anilines is 2. The van der Waals surface area contributed by atoms with Crippen LogP contribution >= 0.6 is 0 Å². The highest BCUT2D eigenvalue weighted by atomic mass is 16.2. The molecule has 1 aliphatic carbocycles. The smallest absolute Gasteiger partial charge is 0.227 e. The van der Waals surface area contributed by atoms with Gasteiger partial charge in [-0.15, -0.1) is 0 Å². The number of rotatable bonds is 8. The zero-order chi connectivity index (χ0) is 21.7. The number of nitrogens with zero attached hydrogens (tertiary/aromatic N) is 2. The minimum atomic E-state index is -0.0399. The SMILES string of the molecule is CCC(=O)N(Cc1cc(NC(=O)C2CCC2)ccc1N(C)C)[C@@H](C)c1ccccc1. The van der Waals surface area contributed by atoms with Crippen LogP contribution in [0.3, 0.4) is 0 Å². The summed E-state index contributed by atoms with van der Waals surface area (Å²) in [6.45, 7) is 4.46. The lowest BCUT2D eigenvalue weighted by atomic mass is 9.85. The Labute approximate surface area is 180 Å². The summed E-state index contributed by atoms with van der Waals surface area (Å²) in [5.74, 6) is 0.349. The Morgan fingerprint density at radius 3 is 2.37 bits per heavy atom. The fraction of sp³-hybridized carbons (Fsp3) is 0.440. The zero-order valence-corrected chi connectivity index (χ0v) is 18.5. The minimum absolute atomic E-state index is 0.0399. The van der Waals surface area contributed by atoms with E-state index in [-0.39, 0.29) is 23.8 Å². The van der Waals surface area contributed by atoms with Gasteiger partial charge in [0.15, 0.2) is 0 Å². The van der Waals surface area contributed by atoms with Crippen LogP contribution in [-0.4, -0.2) is 30.8 Å². The molecular weight excluding hydrogens is 374 g/mol. The molecule has 0 radical (unpaired) electrons. The maximum Gasteiger partial charge on any atom is 0.227 e. The molecular formula is C25H33N3O2. The first-order chi connectivity index (χ1) is 14.4. The summed E-state index contributed by atoms with van der Waals surface area (Å²) in [4.78, 5) is 29.2. The van der Waals surface area contributed by atoms with E-state index in [1.807, 2.05) is 62.3 Å². The van der Waals surface area contributed by atoms with Crippen LogP contribution in [0.25, 0.3) is 0 Å². The number of benzene rings is 2. The van der Waals surface area contributed by atoms with Crippen LogP contribution in [0.15, 0.2) is 48.5 Å². The third-order valence-electron chi connectivity index (χ3n) is 6.02. The highest BCUT2D eigenvalue weighted by Gasteiger charge is 2.26. The van der Waals surface area contributed by atoms with Gasteiger partial charge in [-0.2, -0.15) is 0 Å². The molecule has 0 bridgehead atoms. The van der Waals surface area contributed by atoms with Crippen molar-refractivity contribution in [3.05, 3.63) is 59.7 Å². The first-order valence-corrected chi connectivity index (χ1v) is 10.9. The average Bonchev–Trinajstić information content (AvgIpc) is 2.70. The molecule has 0 heterocycles. The van der Waals surface area contributed by atoms with E-state index >= 15 is 0 Å². The number of carbonyl (C=O) groups excluding carboxylic acids is 2. The van der Waals surface area contributed by atoms with Crippen LogP contribution < -0.4 is 10.2 Å². The Bertz CT molecular complexity index is 875. The second kappa shape index (κ2) is 9.79. The maximum atomic E-state index is 12.9. The van der Waals surface area contributed by atoms with E-state index in [1.165, 1.54) is 0 Å². The average molecular weight is 408 g/mol. The molecule has 160 valence electrons. The van der Waals surface area contributed by atoms with Gasteiger partial charge < -0.3 is 15.1 Å². The van der Waals surface area contributed by atoms with Crippen molar-refractivity contribution in [2.75, 3.05) is 24.3 Å². The maximum absolute atomic E-state index is 12.9. The standard InChI is InChI=1S/C25H33N3O2/c1-5-24(29)28(18(2)19-10-7-6-8-11-19)17-21-16-22(14-15-23(21)27(3)4)26-25(30)20-12-9-13-20/h6-8,10-11,14-16,18,20H,5,9,12-13,17H2,1-4H3,(H,26,30)/t18-/m0/s1. The molecule has 5 heteroatoms. The summed E-state index contributed by atoms with van der Waals surface area (Å²) in [6, 6.07) is 16.0. The van der Waals surface area contributed by atoms with Crippen molar-refractivity contribution in [1.82, 2.24) is 4.90 Å². The van der Waals surface area contributed by atoms with E-state index in [9.17, 15) is 9.59 Å². The predicted octanol–water partition coefficient (Wildman–Crippen LogP) is 4.99. The molecule has 1 atom stereocenters. The molecule has 0 aromatic heterocycles. The van der Waals surface area contributed by atoms with Crippen LogP contribution in [-0.2, 0) is 16.1 Å². The molecule has 1 N–H and O–H groups in total. The third-order valence-corrected chi connectivity index (χ3v) is 6.02. The number of carbonyl (C=O) groups is 2. The normalized spacial score (nSPS) is 14.5. The molecule has 30 heavy (non-hydrogen) atoms.